The Labute approximate surface area is 128 Å². The highest BCUT2D eigenvalue weighted by atomic mass is 19.3. The molecule has 0 spiro atoms. The third-order valence-corrected chi connectivity index (χ3v) is 3.47. The number of benzene rings is 2. The molecule has 0 aromatic heterocycles. The standard InChI is InChI=1S/C18H17F3O/c1-3-12-4-6-13(7-5-12)16(18(20)21)17(19)14-8-10-15(22-2)11-9-14/h4-11,18H,3H2,1-2H3. The van der Waals surface area contributed by atoms with Crippen LogP contribution in [0.15, 0.2) is 48.5 Å². The highest BCUT2D eigenvalue weighted by Gasteiger charge is 2.20. The molecular formula is C18H17F3O. The lowest BCUT2D eigenvalue weighted by atomic mass is 10.00. The van der Waals surface area contributed by atoms with Crippen molar-refractivity contribution in [3.05, 3.63) is 65.2 Å². The van der Waals surface area contributed by atoms with Crippen molar-refractivity contribution in [2.24, 2.45) is 0 Å². The van der Waals surface area contributed by atoms with Crippen molar-refractivity contribution < 1.29 is 17.9 Å². The van der Waals surface area contributed by atoms with Gasteiger partial charge in [-0.25, -0.2) is 13.2 Å². The van der Waals surface area contributed by atoms with Gasteiger partial charge < -0.3 is 4.74 Å². The minimum absolute atomic E-state index is 0.107. The van der Waals surface area contributed by atoms with Crippen LogP contribution in [0.1, 0.15) is 23.6 Å². The fraction of sp³-hybridized carbons (Fsp3) is 0.222. The minimum atomic E-state index is -2.89. The lowest BCUT2D eigenvalue weighted by Gasteiger charge is -2.11. The van der Waals surface area contributed by atoms with E-state index in [0.717, 1.165) is 12.0 Å². The van der Waals surface area contributed by atoms with Crippen LogP contribution in [0.4, 0.5) is 13.2 Å². The number of halogens is 3. The Bertz CT molecular complexity index is 643. The molecule has 0 amide bonds. The number of hydrogen-bond acceptors (Lipinski definition) is 1. The van der Waals surface area contributed by atoms with E-state index in [0.29, 0.717) is 5.75 Å². The van der Waals surface area contributed by atoms with Gasteiger partial charge in [-0.05, 0) is 41.8 Å². The summed E-state index contributed by atoms with van der Waals surface area (Å²) in [6.07, 6.45) is -2.09. The van der Waals surface area contributed by atoms with Crippen LogP contribution >= 0.6 is 0 Å². The van der Waals surface area contributed by atoms with Gasteiger partial charge in [0.1, 0.15) is 11.6 Å². The molecule has 2 aromatic carbocycles. The average molecular weight is 306 g/mol. The van der Waals surface area contributed by atoms with Gasteiger partial charge in [0.25, 0.3) is 6.43 Å². The second-order valence-electron chi connectivity index (χ2n) is 4.81. The van der Waals surface area contributed by atoms with E-state index < -0.39 is 17.8 Å². The molecule has 0 bridgehead atoms. The van der Waals surface area contributed by atoms with Crippen molar-refractivity contribution in [1.82, 2.24) is 0 Å². The van der Waals surface area contributed by atoms with E-state index in [-0.39, 0.29) is 11.1 Å². The zero-order valence-electron chi connectivity index (χ0n) is 12.4. The number of rotatable bonds is 5. The molecule has 0 heterocycles. The Kier molecular flexibility index (Phi) is 5.26. The molecule has 116 valence electrons. The molecule has 0 aliphatic carbocycles. The Morgan fingerprint density at radius 3 is 1.95 bits per heavy atom. The third kappa shape index (κ3) is 3.50. The second kappa shape index (κ2) is 7.16. The van der Waals surface area contributed by atoms with Gasteiger partial charge in [-0.15, -0.1) is 0 Å². The van der Waals surface area contributed by atoms with Gasteiger partial charge in [0.05, 0.1) is 12.7 Å². The number of allylic oxidation sites excluding steroid dienone is 1. The molecule has 2 rings (SSSR count). The number of alkyl halides is 2. The largest absolute Gasteiger partial charge is 0.497 e. The quantitative estimate of drug-likeness (QED) is 0.676. The van der Waals surface area contributed by atoms with Gasteiger partial charge in [0.2, 0.25) is 0 Å². The number of methoxy groups -OCH3 is 1. The Balaban J connectivity index is 2.46. The fourth-order valence-electron chi connectivity index (χ4n) is 2.16. The lowest BCUT2D eigenvalue weighted by Crippen LogP contribution is -2.00. The Morgan fingerprint density at radius 2 is 1.50 bits per heavy atom. The molecule has 0 unspecified atom stereocenters. The molecular weight excluding hydrogens is 289 g/mol. The predicted molar refractivity (Wildman–Crippen MR) is 82.7 cm³/mol. The summed E-state index contributed by atoms with van der Waals surface area (Å²) in [5.74, 6) is -0.371. The summed E-state index contributed by atoms with van der Waals surface area (Å²) in [6, 6.07) is 12.5. The van der Waals surface area contributed by atoms with Crippen molar-refractivity contribution in [2.45, 2.75) is 19.8 Å². The molecule has 1 nitrogen and oxygen atoms in total. The second-order valence-corrected chi connectivity index (χ2v) is 4.81. The average Bonchev–Trinajstić information content (AvgIpc) is 2.55. The zero-order valence-corrected chi connectivity index (χ0v) is 12.4. The molecule has 0 aliphatic heterocycles. The molecule has 4 heteroatoms. The van der Waals surface area contributed by atoms with Crippen LogP contribution in [0.5, 0.6) is 5.75 Å². The number of aryl methyl sites for hydroxylation is 1. The first-order chi connectivity index (χ1) is 10.6. The molecule has 0 N–H and O–H groups in total. The first kappa shape index (κ1) is 16.1. The fourth-order valence-corrected chi connectivity index (χ4v) is 2.16. The first-order valence-corrected chi connectivity index (χ1v) is 6.98. The minimum Gasteiger partial charge on any atom is -0.497 e. The van der Waals surface area contributed by atoms with Gasteiger partial charge in [0.15, 0.2) is 0 Å². The van der Waals surface area contributed by atoms with Crippen LogP contribution in [0.3, 0.4) is 0 Å². The van der Waals surface area contributed by atoms with E-state index in [2.05, 4.69) is 0 Å². The molecule has 2 aromatic rings. The van der Waals surface area contributed by atoms with Crippen molar-refractivity contribution in [1.29, 1.82) is 0 Å². The molecule has 0 atom stereocenters. The van der Waals surface area contributed by atoms with Gasteiger partial charge in [0, 0.05) is 5.56 Å². The zero-order chi connectivity index (χ0) is 16.1. The van der Waals surface area contributed by atoms with Crippen LogP contribution < -0.4 is 4.74 Å². The third-order valence-electron chi connectivity index (χ3n) is 3.47. The molecule has 0 saturated carbocycles. The summed E-state index contributed by atoms with van der Waals surface area (Å²) in [6.45, 7) is 1.97. The highest BCUT2D eigenvalue weighted by molar-refractivity contribution is 5.88. The Morgan fingerprint density at radius 1 is 0.955 bits per heavy atom. The summed E-state index contributed by atoms with van der Waals surface area (Å²) in [4.78, 5) is 0. The predicted octanol–water partition coefficient (Wildman–Crippen LogP) is 5.36. The topological polar surface area (TPSA) is 9.23 Å². The van der Waals surface area contributed by atoms with Gasteiger partial charge in [-0.3, -0.25) is 0 Å². The summed E-state index contributed by atoms with van der Waals surface area (Å²) in [7, 11) is 1.49. The monoisotopic (exact) mass is 306 g/mol. The van der Waals surface area contributed by atoms with Crippen molar-refractivity contribution in [3.8, 4) is 5.75 Å². The lowest BCUT2D eigenvalue weighted by molar-refractivity contribution is 0.214. The molecule has 0 saturated heterocycles. The van der Waals surface area contributed by atoms with E-state index in [9.17, 15) is 13.2 Å². The van der Waals surface area contributed by atoms with Gasteiger partial charge in [-0.2, -0.15) is 0 Å². The summed E-state index contributed by atoms with van der Waals surface area (Å²) >= 11 is 0. The van der Waals surface area contributed by atoms with Gasteiger partial charge in [-0.1, -0.05) is 31.2 Å². The van der Waals surface area contributed by atoms with Crippen LogP contribution in [0.25, 0.3) is 11.4 Å². The maximum Gasteiger partial charge on any atom is 0.267 e. The SMILES string of the molecule is CCc1ccc(C(=C(F)c2ccc(OC)cc2)C(F)F)cc1. The van der Waals surface area contributed by atoms with Crippen LogP contribution in [0, 0.1) is 0 Å². The molecule has 0 fully saturated rings. The summed E-state index contributed by atoms with van der Waals surface area (Å²) < 4.78 is 46.1. The summed E-state index contributed by atoms with van der Waals surface area (Å²) in [5, 5.41) is 0. The highest BCUT2D eigenvalue weighted by Crippen LogP contribution is 2.33. The van der Waals surface area contributed by atoms with Crippen molar-refractivity contribution >= 4 is 11.4 Å². The van der Waals surface area contributed by atoms with Crippen LogP contribution in [0.2, 0.25) is 0 Å². The van der Waals surface area contributed by atoms with E-state index in [4.69, 9.17) is 4.74 Å². The first-order valence-electron chi connectivity index (χ1n) is 6.98. The number of hydrogen-bond donors (Lipinski definition) is 0. The molecule has 0 radical (unpaired) electrons. The van der Waals surface area contributed by atoms with E-state index in [1.165, 1.54) is 43.5 Å². The van der Waals surface area contributed by atoms with Crippen molar-refractivity contribution in [2.75, 3.05) is 7.11 Å². The maximum atomic E-state index is 14.5. The normalized spacial score (nSPS) is 12.3. The maximum absolute atomic E-state index is 14.5. The van der Waals surface area contributed by atoms with E-state index in [1.54, 1.807) is 12.1 Å². The van der Waals surface area contributed by atoms with Crippen molar-refractivity contribution in [3.63, 3.8) is 0 Å². The smallest absolute Gasteiger partial charge is 0.267 e. The summed E-state index contributed by atoms with van der Waals surface area (Å²) in [5.41, 5.74) is 0.728. The van der Waals surface area contributed by atoms with E-state index >= 15 is 0 Å². The molecule has 0 aliphatic rings. The van der Waals surface area contributed by atoms with Crippen LogP contribution in [-0.2, 0) is 6.42 Å². The number of ether oxygens (including phenoxy) is 1. The Hall–Kier alpha value is -2.23. The van der Waals surface area contributed by atoms with E-state index in [1.807, 2.05) is 6.92 Å². The van der Waals surface area contributed by atoms with Crippen LogP contribution in [-0.4, -0.2) is 13.5 Å². The molecule has 22 heavy (non-hydrogen) atoms. The van der Waals surface area contributed by atoms with Gasteiger partial charge >= 0.3 is 0 Å².